The van der Waals surface area contributed by atoms with Crippen molar-refractivity contribution in [3.63, 3.8) is 0 Å². The van der Waals surface area contributed by atoms with Gasteiger partial charge in [-0.1, -0.05) is 75.7 Å². The second-order valence-corrected chi connectivity index (χ2v) is 7.34. The highest BCUT2D eigenvalue weighted by Crippen LogP contribution is 2.24. The van der Waals surface area contributed by atoms with E-state index >= 15 is 0 Å². The molecule has 1 nitrogen and oxygen atoms in total. The van der Waals surface area contributed by atoms with Crippen molar-refractivity contribution in [2.45, 2.75) is 84.0 Å². The van der Waals surface area contributed by atoms with Crippen LogP contribution in [0.3, 0.4) is 0 Å². The van der Waals surface area contributed by atoms with E-state index in [0.717, 1.165) is 5.92 Å². The van der Waals surface area contributed by atoms with E-state index in [1.807, 2.05) is 0 Å². The van der Waals surface area contributed by atoms with E-state index in [1.54, 1.807) is 5.57 Å². The quantitative estimate of drug-likeness (QED) is 0.440. The van der Waals surface area contributed by atoms with Gasteiger partial charge < -0.3 is 4.90 Å². The normalized spacial score (nSPS) is 22.8. The Balaban J connectivity index is 1.52. The number of piperidine rings is 1. The van der Waals surface area contributed by atoms with Gasteiger partial charge in [-0.3, -0.25) is 0 Å². The number of hydrogen-bond donors (Lipinski definition) is 0. The molecule has 1 fully saturated rings. The van der Waals surface area contributed by atoms with Crippen molar-refractivity contribution >= 4 is 0 Å². The summed E-state index contributed by atoms with van der Waals surface area (Å²) in [4.78, 5) is 2.65. The second-order valence-electron chi connectivity index (χ2n) is 7.34. The van der Waals surface area contributed by atoms with E-state index in [4.69, 9.17) is 0 Å². The SMILES string of the molecule is CCCCCCCCC1C=CC(CCN2CCCCC2)=CC1. The van der Waals surface area contributed by atoms with Gasteiger partial charge in [0.1, 0.15) is 0 Å². The van der Waals surface area contributed by atoms with Crippen molar-refractivity contribution < 1.29 is 0 Å². The van der Waals surface area contributed by atoms with Gasteiger partial charge in [-0.05, 0) is 51.1 Å². The first kappa shape index (κ1) is 17.8. The van der Waals surface area contributed by atoms with Crippen LogP contribution in [-0.4, -0.2) is 24.5 Å². The van der Waals surface area contributed by atoms with Crippen molar-refractivity contribution in [1.82, 2.24) is 4.90 Å². The Morgan fingerprint density at radius 1 is 1.00 bits per heavy atom. The largest absolute Gasteiger partial charge is 0.303 e. The van der Waals surface area contributed by atoms with E-state index in [2.05, 4.69) is 30.1 Å². The third-order valence-corrected chi connectivity index (χ3v) is 5.36. The van der Waals surface area contributed by atoms with Gasteiger partial charge in [0.05, 0.1) is 0 Å². The van der Waals surface area contributed by atoms with Gasteiger partial charge in [0.15, 0.2) is 0 Å². The zero-order valence-electron chi connectivity index (χ0n) is 14.9. The third kappa shape index (κ3) is 7.13. The minimum Gasteiger partial charge on any atom is -0.303 e. The van der Waals surface area contributed by atoms with Crippen LogP contribution in [0.25, 0.3) is 0 Å². The summed E-state index contributed by atoms with van der Waals surface area (Å²) in [6.45, 7) is 6.23. The fourth-order valence-corrected chi connectivity index (χ4v) is 3.77. The van der Waals surface area contributed by atoms with Crippen LogP contribution < -0.4 is 0 Å². The lowest BCUT2D eigenvalue weighted by Gasteiger charge is -2.27. The van der Waals surface area contributed by atoms with Crippen LogP contribution in [0, 0.1) is 5.92 Å². The average molecular weight is 304 g/mol. The van der Waals surface area contributed by atoms with Crippen LogP contribution in [0.1, 0.15) is 84.0 Å². The monoisotopic (exact) mass is 303 g/mol. The number of allylic oxidation sites excluding steroid dienone is 3. The summed E-state index contributed by atoms with van der Waals surface area (Å²) in [6.07, 6.45) is 24.2. The first-order valence-corrected chi connectivity index (χ1v) is 9.98. The highest BCUT2D eigenvalue weighted by Gasteiger charge is 2.12. The minimum atomic E-state index is 0.824. The fourth-order valence-electron chi connectivity index (χ4n) is 3.77. The Kier molecular flexibility index (Phi) is 8.93. The van der Waals surface area contributed by atoms with Crippen molar-refractivity contribution in [3.8, 4) is 0 Å². The van der Waals surface area contributed by atoms with E-state index in [9.17, 15) is 0 Å². The molecule has 0 amide bonds. The second kappa shape index (κ2) is 11.0. The molecule has 2 rings (SSSR count). The molecule has 1 saturated heterocycles. The summed E-state index contributed by atoms with van der Waals surface area (Å²) in [5.74, 6) is 0.824. The zero-order valence-corrected chi connectivity index (χ0v) is 14.9. The maximum atomic E-state index is 2.65. The molecule has 2 aliphatic rings. The predicted octanol–water partition coefficient (Wildman–Crippen LogP) is 6.12. The highest BCUT2D eigenvalue weighted by molar-refractivity contribution is 5.23. The maximum absolute atomic E-state index is 2.65. The van der Waals surface area contributed by atoms with Crippen molar-refractivity contribution in [2.75, 3.05) is 19.6 Å². The van der Waals surface area contributed by atoms with Gasteiger partial charge >= 0.3 is 0 Å². The molecule has 22 heavy (non-hydrogen) atoms. The van der Waals surface area contributed by atoms with Gasteiger partial charge in [-0.25, -0.2) is 0 Å². The Morgan fingerprint density at radius 3 is 2.50 bits per heavy atom. The Labute approximate surface area is 138 Å². The number of nitrogens with zero attached hydrogens (tertiary/aromatic N) is 1. The zero-order chi connectivity index (χ0) is 15.5. The summed E-state index contributed by atoms with van der Waals surface area (Å²) in [5.41, 5.74) is 1.59. The third-order valence-electron chi connectivity index (χ3n) is 5.36. The molecule has 0 aromatic carbocycles. The standard InChI is InChI=1S/C21H37N/c1-2-3-4-5-6-8-11-20-12-14-21(15-13-20)16-19-22-17-9-7-10-18-22/h12,14-15,20H,2-11,13,16-19H2,1H3. The summed E-state index contributed by atoms with van der Waals surface area (Å²) in [5, 5.41) is 0. The van der Waals surface area contributed by atoms with E-state index in [-0.39, 0.29) is 0 Å². The minimum absolute atomic E-state index is 0.824. The van der Waals surface area contributed by atoms with E-state index < -0.39 is 0 Å². The molecule has 1 unspecified atom stereocenters. The smallest absolute Gasteiger partial charge is 0.00217 e. The lowest BCUT2D eigenvalue weighted by Crippen LogP contribution is -2.30. The molecule has 126 valence electrons. The van der Waals surface area contributed by atoms with Crippen LogP contribution in [-0.2, 0) is 0 Å². The first-order chi connectivity index (χ1) is 10.9. The molecule has 0 N–H and O–H groups in total. The Hall–Kier alpha value is -0.560. The van der Waals surface area contributed by atoms with E-state index in [1.165, 1.54) is 96.7 Å². The molecule has 0 aromatic rings. The summed E-state index contributed by atoms with van der Waals surface area (Å²) < 4.78 is 0. The number of rotatable bonds is 10. The molecular formula is C21H37N. The van der Waals surface area contributed by atoms with Crippen LogP contribution in [0.5, 0.6) is 0 Å². The van der Waals surface area contributed by atoms with Crippen LogP contribution >= 0.6 is 0 Å². The molecule has 1 heterocycles. The van der Waals surface area contributed by atoms with Gasteiger partial charge in [0, 0.05) is 6.54 Å². The van der Waals surface area contributed by atoms with Crippen LogP contribution in [0.2, 0.25) is 0 Å². The summed E-state index contributed by atoms with van der Waals surface area (Å²) >= 11 is 0. The molecule has 0 radical (unpaired) electrons. The molecule has 1 aliphatic carbocycles. The van der Waals surface area contributed by atoms with Gasteiger partial charge in [-0.15, -0.1) is 0 Å². The molecule has 0 aromatic heterocycles. The Morgan fingerprint density at radius 2 is 1.77 bits per heavy atom. The van der Waals surface area contributed by atoms with Crippen molar-refractivity contribution in [1.29, 1.82) is 0 Å². The number of unbranched alkanes of at least 4 members (excludes halogenated alkanes) is 5. The first-order valence-electron chi connectivity index (χ1n) is 9.98. The topological polar surface area (TPSA) is 3.24 Å². The van der Waals surface area contributed by atoms with E-state index in [0.29, 0.717) is 0 Å². The van der Waals surface area contributed by atoms with Crippen LogP contribution in [0.15, 0.2) is 23.8 Å². The van der Waals surface area contributed by atoms with Crippen molar-refractivity contribution in [2.24, 2.45) is 5.92 Å². The molecule has 1 atom stereocenters. The van der Waals surface area contributed by atoms with Crippen molar-refractivity contribution in [3.05, 3.63) is 23.8 Å². The molecule has 0 bridgehead atoms. The number of hydrogen-bond acceptors (Lipinski definition) is 1. The average Bonchev–Trinajstić information content (AvgIpc) is 2.58. The lowest BCUT2D eigenvalue weighted by atomic mass is 9.90. The lowest BCUT2D eigenvalue weighted by molar-refractivity contribution is 0.231. The maximum Gasteiger partial charge on any atom is 0.00217 e. The summed E-state index contributed by atoms with van der Waals surface area (Å²) in [6, 6.07) is 0. The molecule has 1 heteroatoms. The molecule has 1 aliphatic heterocycles. The van der Waals surface area contributed by atoms with Gasteiger partial charge in [-0.2, -0.15) is 0 Å². The van der Waals surface area contributed by atoms with Crippen LogP contribution in [0.4, 0.5) is 0 Å². The predicted molar refractivity (Wildman–Crippen MR) is 98.2 cm³/mol. The van der Waals surface area contributed by atoms with Gasteiger partial charge in [0.25, 0.3) is 0 Å². The van der Waals surface area contributed by atoms with Gasteiger partial charge in [0.2, 0.25) is 0 Å². The Bertz CT molecular complexity index is 336. The molecule has 0 spiro atoms. The highest BCUT2D eigenvalue weighted by atomic mass is 15.1. The fraction of sp³-hybridized carbons (Fsp3) is 0.810. The molecular weight excluding hydrogens is 266 g/mol. The summed E-state index contributed by atoms with van der Waals surface area (Å²) in [7, 11) is 0. The number of likely N-dealkylation sites (tertiary alicyclic amines) is 1. The molecule has 0 saturated carbocycles.